The molecule has 0 rings (SSSR count). The average Bonchev–Trinajstić information content (AvgIpc) is 2.43. The van der Waals surface area contributed by atoms with E-state index in [1.165, 1.54) is 0 Å². The summed E-state index contributed by atoms with van der Waals surface area (Å²) < 4.78 is 25.3. The molecular weight excluding hydrogens is 248 g/mol. The van der Waals surface area contributed by atoms with Gasteiger partial charge in [-0.2, -0.15) is 0 Å². The van der Waals surface area contributed by atoms with E-state index in [2.05, 4.69) is 23.7 Å². The molecule has 0 saturated carbocycles. The maximum absolute atomic E-state index is 5.29. The van der Waals surface area contributed by atoms with Crippen LogP contribution in [-0.4, -0.2) is 67.1 Å². The molecule has 108 valence electrons. The molecule has 0 amide bonds. The van der Waals surface area contributed by atoms with Crippen molar-refractivity contribution in [2.24, 2.45) is 0 Å². The van der Waals surface area contributed by atoms with Crippen LogP contribution in [0.4, 0.5) is 0 Å². The number of methoxy groups -OCH3 is 2. The minimum atomic E-state index is 0.401. The maximum Gasteiger partial charge on any atom is 0.107 e. The summed E-state index contributed by atoms with van der Waals surface area (Å²) in [7, 11) is 3.21. The molecular formula is C14H22O5. The lowest BCUT2D eigenvalue weighted by Crippen LogP contribution is -2.09. The first-order chi connectivity index (χ1) is 9.41. The molecule has 0 heterocycles. The van der Waals surface area contributed by atoms with Gasteiger partial charge in [0.15, 0.2) is 0 Å². The lowest BCUT2D eigenvalue weighted by Gasteiger charge is -2.03. The lowest BCUT2D eigenvalue weighted by molar-refractivity contribution is 0.0269. The fourth-order valence-electron chi connectivity index (χ4n) is 0.933. The molecule has 0 aliphatic carbocycles. The van der Waals surface area contributed by atoms with Gasteiger partial charge in [0.25, 0.3) is 0 Å². The van der Waals surface area contributed by atoms with Gasteiger partial charge in [-0.1, -0.05) is 23.7 Å². The van der Waals surface area contributed by atoms with Crippen molar-refractivity contribution < 1.29 is 23.7 Å². The van der Waals surface area contributed by atoms with E-state index in [0.29, 0.717) is 52.9 Å². The van der Waals surface area contributed by atoms with Crippen molar-refractivity contribution in [3.63, 3.8) is 0 Å². The van der Waals surface area contributed by atoms with Gasteiger partial charge in [0.1, 0.15) is 26.4 Å². The van der Waals surface area contributed by atoms with Crippen LogP contribution < -0.4 is 0 Å². The molecule has 5 heteroatoms. The molecule has 0 aromatic carbocycles. The minimum absolute atomic E-state index is 0.401. The number of ether oxygens (including phenoxy) is 5. The van der Waals surface area contributed by atoms with Crippen molar-refractivity contribution in [1.29, 1.82) is 0 Å². The Balaban J connectivity index is 3.08. The number of hydrogen-bond acceptors (Lipinski definition) is 5. The first-order valence-electron chi connectivity index (χ1n) is 6.04. The number of hydrogen-bond donors (Lipinski definition) is 0. The molecule has 19 heavy (non-hydrogen) atoms. The SMILES string of the molecule is COCC#CCOCCOCCOCC#CCOC. The molecule has 0 aromatic rings. The minimum Gasteiger partial charge on any atom is -0.377 e. The van der Waals surface area contributed by atoms with Crippen molar-refractivity contribution in [3.05, 3.63) is 0 Å². The predicted molar refractivity (Wildman–Crippen MR) is 71.8 cm³/mol. The first-order valence-corrected chi connectivity index (χ1v) is 6.04. The van der Waals surface area contributed by atoms with E-state index in [1.54, 1.807) is 14.2 Å². The van der Waals surface area contributed by atoms with Gasteiger partial charge in [-0.15, -0.1) is 0 Å². The summed E-state index contributed by atoms with van der Waals surface area (Å²) >= 11 is 0. The van der Waals surface area contributed by atoms with Gasteiger partial charge < -0.3 is 23.7 Å². The fraction of sp³-hybridized carbons (Fsp3) is 0.714. The molecule has 0 aliphatic heterocycles. The van der Waals surface area contributed by atoms with Crippen LogP contribution in [0.1, 0.15) is 0 Å². The van der Waals surface area contributed by atoms with Crippen molar-refractivity contribution in [3.8, 4) is 23.7 Å². The van der Waals surface area contributed by atoms with Crippen LogP contribution in [0, 0.1) is 23.7 Å². The normalized spacial score (nSPS) is 9.37. The van der Waals surface area contributed by atoms with E-state index in [9.17, 15) is 0 Å². The molecule has 0 radical (unpaired) electrons. The second-order valence-electron chi connectivity index (χ2n) is 3.29. The Bertz CT molecular complexity index is 264. The van der Waals surface area contributed by atoms with Gasteiger partial charge in [-0.25, -0.2) is 0 Å². The predicted octanol–water partition coefficient (Wildman–Crippen LogP) is 0.336. The van der Waals surface area contributed by atoms with Crippen LogP contribution in [0.25, 0.3) is 0 Å². The van der Waals surface area contributed by atoms with Crippen molar-refractivity contribution in [1.82, 2.24) is 0 Å². The van der Waals surface area contributed by atoms with E-state index in [4.69, 9.17) is 23.7 Å². The smallest absolute Gasteiger partial charge is 0.107 e. The summed E-state index contributed by atoms with van der Waals surface area (Å²) in [6.07, 6.45) is 0. The molecule has 0 unspecified atom stereocenters. The van der Waals surface area contributed by atoms with Gasteiger partial charge in [-0.3, -0.25) is 0 Å². The third kappa shape index (κ3) is 16.9. The van der Waals surface area contributed by atoms with Gasteiger partial charge in [0.05, 0.1) is 26.4 Å². The molecule has 0 fully saturated rings. The Labute approximate surface area is 115 Å². The molecule has 0 aliphatic rings. The zero-order valence-corrected chi connectivity index (χ0v) is 11.7. The second-order valence-corrected chi connectivity index (χ2v) is 3.29. The van der Waals surface area contributed by atoms with Crippen LogP contribution in [0.15, 0.2) is 0 Å². The zero-order valence-electron chi connectivity index (χ0n) is 11.7. The van der Waals surface area contributed by atoms with Crippen LogP contribution in [0.3, 0.4) is 0 Å². The molecule has 0 atom stereocenters. The highest BCUT2D eigenvalue weighted by atomic mass is 16.5. The highest BCUT2D eigenvalue weighted by Crippen LogP contribution is 1.80. The topological polar surface area (TPSA) is 46.2 Å². The molecule has 0 N–H and O–H groups in total. The first kappa shape index (κ1) is 17.9. The lowest BCUT2D eigenvalue weighted by atomic mass is 10.6. The standard InChI is InChI=1S/C14H22O5/c1-15-7-3-5-9-17-11-13-19-14-12-18-10-6-4-8-16-2/h7-14H2,1-2H3. The van der Waals surface area contributed by atoms with E-state index >= 15 is 0 Å². The third-order valence-electron chi connectivity index (χ3n) is 1.78. The highest BCUT2D eigenvalue weighted by molar-refractivity contribution is 4.99. The maximum atomic E-state index is 5.29. The Morgan fingerprint density at radius 3 is 1.32 bits per heavy atom. The van der Waals surface area contributed by atoms with Crippen LogP contribution in [0.5, 0.6) is 0 Å². The summed E-state index contributed by atoms with van der Waals surface area (Å²) in [5.41, 5.74) is 0. The monoisotopic (exact) mass is 270 g/mol. The van der Waals surface area contributed by atoms with Crippen molar-refractivity contribution in [2.75, 3.05) is 67.1 Å². The quantitative estimate of drug-likeness (QED) is 0.423. The number of rotatable bonds is 10. The Morgan fingerprint density at radius 1 is 0.526 bits per heavy atom. The molecule has 0 aromatic heterocycles. The van der Waals surface area contributed by atoms with E-state index in [-0.39, 0.29) is 0 Å². The largest absolute Gasteiger partial charge is 0.377 e. The molecule has 5 nitrogen and oxygen atoms in total. The molecule has 0 saturated heterocycles. The van der Waals surface area contributed by atoms with E-state index in [1.807, 2.05) is 0 Å². The summed E-state index contributed by atoms with van der Waals surface area (Å²) in [4.78, 5) is 0. The Kier molecular flexibility index (Phi) is 16.0. The van der Waals surface area contributed by atoms with E-state index in [0.717, 1.165) is 0 Å². The van der Waals surface area contributed by atoms with Gasteiger partial charge in [0, 0.05) is 14.2 Å². The third-order valence-corrected chi connectivity index (χ3v) is 1.78. The van der Waals surface area contributed by atoms with Crippen LogP contribution >= 0.6 is 0 Å². The van der Waals surface area contributed by atoms with Gasteiger partial charge in [-0.05, 0) is 0 Å². The summed E-state index contributed by atoms with van der Waals surface area (Å²) in [6, 6.07) is 0. The fourth-order valence-corrected chi connectivity index (χ4v) is 0.933. The summed E-state index contributed by atoms with van der Waals surface area (Å²) in [6.45, 7) is 3.78. The molecule has 0 bridgehead atoms. The summed E-state index contributed by atoms with van der Waals surface area (Å²) in [5.74, 6) is 11.2. The second kappa shape index (κ2) is 16.9. The van der Waals surface area contributed by atoms with Crippen molar-refractivity contribution in [2.45, 2.75) is 0 Å². The van der Waals surface area contributed by atoms with Crippen molar-refractivity contribution >= 4 is 0 Å². The Hall–Kier alpha value is -1.08. The summed E-state index contributed by atoms with van der Waals surface area (Å²) in [5, 5.41) is 0. The highest BCUT2D eigenvalue weighted by Gasteiger charge is 1.89. The van der Waals surface area contributed by atoms with Crippen LogP contribution in [0.2, 0.25) is 0 Å². The van der Waals surface area contributed by atoms with Gasteiger partial charge >= 0.3 is 0 Å². The van der Waals surface area contributed by atoms with E-state index < -0.39 is 0 Å². The Morgan fingerprint density at radius 2 is 0.895 bits per heavy atom. The van der Waals surface area contributed by atoms with Gasteiger partial charge in [0.2, 0.25) is 0 Å². The zero-order chi connectivity index (χ0) is 14.0. The van der Waals surface area contributed by atoms with Crippen LogP contribution in [-0.2, 0) is 23.7 Å². The molecule has 0 spiro atoms. The average molecular weight is 270 g/mol.